The monoisotopic (exact) mass is 464 g/mol. The van der Waals surface area contributed by atoms with Crippen molar-refractivity contribution >= 4 is 23.5 Å². The highest BCUT2D eigenvalue weighted by atomic mass is 35.5. The molecule has 1 saturated heterocycles. The van der Waals surface area contributed by atoms with Crippen LogP contribution in [0.4, 0.5) is 17.6 Å². The van der Waals surface area contributed by atoms with E-state index in [1.807, 2.05) is 0 Å². The van der Waals surface area contributed by atoms with Crippen LogP contribution in [0.5, 0.6) is 5.75 Å². The summed E-state index contributed by atoms with van der Waals surface area (Å²) >= 11 is 7.04. The Balaban J connectivity index is 0.000000269. The summed E-state index contributed by atoms with van der Waals surface area (Å²) in [6, 6.07) is 8.20. The first-order chi connectivity index (χ1) is 14.0. The van der Waals surface area contributed by atoms with Crippen molar-refractivity contribution in [2.24, 2.45) is 0 Å². The minimum Gasteiger partial charge on any atom is -0.508 e. The molecule has 30 heavy (non-hydrogen) atoms. The Kier molecular flexibility index (Phi) is 7.96. The van der Waals surface area contributed by atoms with Crippen LogP contribution in [0.3, 0.4) is 0 Å². The second kappa shape index (κ2) is 9.85. The average Bonchev–Trinajstić information content (AvgIpc) is 3.05. The van der Waals surface area contributed by atoms with Crippen molar-refractivity contribution in [2.75, 3.05) is 19.7 Å². The largest absolute Gasteiger partial charge is 0.508 e. The van der Waals surface area contributed by atoms with Crippen LogP contribution in [0, 0.1) is 17.1 Å². The number of aliphatic hydroxyl groups is 2. The molecule has 0 saturated carbocycles. The number of rotatable bonds is 3. The van der Waals surface area contributed by atoms with Gasteiger partial charge in [-0.25, -0.2) is 8.70 Å². The highest BCUT2D eigenvalue weighted by molar-refractivity contribution is 7.97. The van der Waals surface area contributed by atoms with E-state index in [1.54, 1.807) is 10.4 Å². The molecular formula is C19H17ClF4N2O3S. The summed E-state index contributed by atoms with van der Waals surface area (Å²) in [4.78, 5) is 0.488. The first-order valence-corrected chi connectivity index (χ1v) is 9.64. The maximum Gasteiger partial charge on any atom is 0.416 e. The number of nitriles is 1. The molecule has 1 heterocycles. The van der Waals surface area contributed by atoms with Gasteiger partial charge in [-0.05, 0) is 48.7 Å². The topological polar surface area (TPSA) is 87.7 Å². The molecule has 0 aromatic heterocycles. The summed E-state index contributed by atoms with van der Waals surface area (Å²) < 4.78 is 51.8. The van der Waals surface area contributed by atoms with Gasteiger partial charge in [-0.1, -0.05) is 11.6 Å². The Morgan fingerprint density at radius 1 is 1.23 bits per heavy atom. The number of benzene rings is 2. The van der Waals surface area contributed by atoms with Crippen molar-refractivity contribution in [3.05, 3.63) is 58.4 Å². The van der Waals surface area contributed by atoms with Gasteiger partial charge in [0.1, 0.15) is 23.2 Å². The Morgan fingerprint density at radius 2 is 1.93 bits per heavy atom. The van der Waals surface area contributed by atoms with Crippen LogP contribution in [0.1, 0.15) is 17.5 Å². The van der Waals surface area contributed by atoms with Crippen LogP contribution in [-0.4, -0.2) is 44.9 Å². The molecule has 0 spiro atoms. The SMILES string of the molecule is N#Cc1ccc(O)cc1F.OCC1(O)CCN(Sc2ccc(C(F)(F)F)cc2Cl)C1. The van der Waals surface area contributed by atoms with Gasteiger partial charge in [0, 0.05) is 24.1 Å². The maximum atomic E-state index is 12.5. The fourth-order valence-corrected chi connectivity index (χ4v) is 3.84. The quantitative estimate of drug-likeness (QED) is 0.466. The zero-order valence-electron chi connectivity index (χ0n) is 15.3. The lowest BCUT2D eigenvalue weighted by atomic mass is 10.1. The predicted molar refractivity (Wildman–Crippen MR) is 103 cm³/mol. The molecule has 1 unspecified atom stereocenters. The molecular weight excluding hydrogens is 448 g/mol. The summed E-state index contributed by atoms with van der Waals surface area (Å²) in [7, 11) is 0. The number of aliphatic hydroxyl groups excluding tert-OH is 1. The molecule has 0 bridgehead atoms. The van der Waals surface area contributed by atoms with Crippen molar-refractivity contribution in [3.63, 3.8) is 0 Å². The lowest BCUT2D eigenvalue weighted by molar-refractivity contribution is -0.137. The Hall–Kier alpha value is -2.03. The van der Waals surface area contributed by atoms with Crippen LogP contribution in [0.25, 0.3) is 0 Å². The van der Waals surface area contributed by atoms with Crippen molar-refractivity contribution in [1.82, 2.24) is 4.31 Å². The second-order valence-corrected chi connectivity index (χ2v) is 8.05. The molecule has 1 aliphatic heterocycles. The van der Waals surface area contributed by atoms with Gasteiger partial charge in [0.05, 0.1) is 22.8 Å². The number of β-amino-alcohol motifs (C(OH)–C–C–N with tert-alkyl or cyclic N) is 1. The first-order valence-electron chi connectivity index (χ1n) is 8.49. The van der Waals surface area contributed by atoms with Gasteiger partial charge in [0.15, 0.2) is 0 Å². The van der Waals surface area contributed by atoms with Gasteiger partial charge in [0.2, 0.25) is 0 Å². The van der Waals surface area contributed by atoms with Gasteiger partial charge in [-0.15, -0.1) is 0 Å². The summed E-state index contributed by atoms with van der Waals surface area (Å²) in [6.07, 6.45) is -4.01. The highest BCUT2D eigenvalue weighted by Gasteiger charge is 2.36. The van der Waals surface area contributed by atoms with Crippen molar-refractivity contribution in [3.8, 4) is 11.8 Å². The maximum absolute atomic E-state index is 12.5. The van der Waals surface area contributed by atoms with Crippen LogP contribution < -0.4 is 0 Å². The Bertz CT molecular complexity index is 939. The number of phenols is 1. The molecule has 2 aromatic rings. The van der Waals surface area contributed by atoms with Crippen LogP contribution in [-0.2, 0) is 6.18 Å². The number of phenolic OH excluding ortho intramolecular Hbond substituents is 1. The highest BCUT2D eigenvalue weighted by Crippen LogP contribution is 2.38. The van der Waals surface area contributed by atoms with Gasteiger partial charge in [-0.3, -0.25) is 0 Å². The van der Waals surface area contributed by atoms with E-state index in [-0.39, 0.29) is 29.5 Å². The molecule has 3 N–H and O–H groups in total. The summed E-state index contributed by atoms with van der Waals surface area (Å²) in [5, 5.41) is 35.9. The van der Waals surface area contributed by atoms with E-state index in [1.165, 1.54) is 30.1 Å². The number of halogens is 5. The Labute approximate surface area is 179 Å². The standard InChI is InChI=1S/C12H13ClF3NO2S.C7H4FNO/c13-9-5-8(12(14,15)16)1-2-10(9)20-17-4-3-11(19,6-17)7-18;8-7-3-6(10)2-1-5(7)4-9/h1-2,5,18-19H,3-4,6-7H2;1-3,10H. The Morgan fingerprint density at radius 3 is 2.43 bits per heavy atom. The summed E-state index contributed by atoms with van der Waals surface area (Å²) in [5.41, 5.74) is -2.00. The number of alkyl halides is 3. The van der Waals surface area contributed by atoms with Crippen molar-refractivity contribution < 1.29 is 32.9 Å². The van der Waals surface area contributed by atoms with Crippen LogP contribution in [0.15, 0.2) is 41.3 Å². The fraction of sp³-hybridized carbons (Fsp3) is 0.316. The molecule has 11 heteroatoms. The third-order valence-corrected chi connectivity index (χ3v) is 5.70. The van der Waals surface area contributed by atoms with E-state index in [0.717, 1.165) is 18.2 Å². The number of hydrogen-bond acceptors (Lipinski definition) is 6. The molecule has 2 aromatic carbocycles. The summed E-state index contributed by atoms with van der Waals surface area (Å²) in [6.45, 7) is 0.426. The third kappa shape index (κ3) is 6.48. The molecule has 0 radical (unpaired) electrons. The molecule has 1 fully saturated rings. The van der Waals surface area contributed by atoms with Crippen molar-refractivity contribution in [2.45, 2.75) is 23.1 Å². The minimum absolute atomic E-state index is 0.0178. The summed E-state index contributed by atoms with van der Waals surface area (Å²) in [5.74, 6) is -0.862. The van der Waals surface area contributed by atoms with Gasteiger partial charge >= 0.3 is 6.18 Å². The van der Waals surface area contributed by atoms with E-state index < -0.39 is 23.2 Å². The lowest BCUT2D eigenvalue weighted by Gasteiger charge is -2.20. The molecule has 0 amide bonds. The number of hydrogen-bond donors (Lipinski definition) is 3. The van der Waals surface area contributed by atoms with E-state index in [4.69, 9.17) is 27.1 Å². The van der Waals surface area contributed by atoms with Gasteiger partial charge in [0.25, 0.3) is 0 Å². The van der Waals surface area contributed by atoms with Gasteiger partial charge < -0.3 is 15.3 Å². The van der Waals surface area contributed by atoms with E-state index in [2.05, 4.69) is 0 Å². The second-order valence-electron chi connectivity index (χ2n) is 6.51. The molecule has 1 atom stereocenters. The van der Waals surface area contributed by atoms with E-state index in [9.17, 15) is 22.7 Å². The molecule has 1 aliphatic rings. The fourth-order valence-electron chi connectivity index (χ4n) is 2.51. The smallest absolute Gasteiger partial charge is 0.416 e. The van der Waals surface area contributed by atoms with E-state index in [0.29, 0.717) is 17.9 Å². The first kappa shape index (κ1) is 24.2. The lowest BCUT2D eigenvalue weighted by Crippen LogP contribution is -2.35. The van der Waals surface area contributed by atoms with Gasteiger partial charge in [-0.2, -0.15) is 18.4 Å². The molecule has 162 valence electrons. The molecule has 0 aliphatic carbocycles. The van der Waals surface area contributed by atoms with Crippen LogP contribution >= 0.6 is 23.5 Å². The van der Waals surface area contributed by atoms with E-state index >= 15 is 0 Å². The average molecular weight is 465 g/mol. The number of nitrogens with zero attached hydrogens (tertiary/aromatic N) is 2. The predicted octanol–water partition coefficient (Wildman–Crippen LogP) is 4.20. The zero-order valence-corrected chi connectivity index (χ0v) is 16.9. The van der Waals surface area contributed by atoms with Crippen LogP contribution in [0.2, 0.25) is 5.02 Å². The zero-order chi connectivity index (χ0) is 22.5. The normalized spacial score (nSPS) is 19.1. The van der Waals surface area contributed by atoms with Crippen molar-refractivity contribution in [1.29, 1.82) is 5.26 Å². The molecule has 5 nitrogen and oxygen atoms in total. The molecule has 3 rings (SSSR count). The minimum atomic E-state index is -4.42. The number of aromatic hydroxyl groups is 1. The third-order valence-electron chi connectivity index (χ3n) is 4.15.